The van der Waals surface area contributed by atoms with E-state index in [-0.39, 0.29) is 5.54 Å². The smallest absolute Gasteiger partial charge is 0.0646 e. The minimum Gasteiger partial charge on any atom is -0.379 e. The van der Waals surface area contributed by atoms with Crippen LogP contribution in [0.25, 0.3) is 0 Å². The molecule has 1 heterocycles. The van der Waals surface area contributed by atoms with Crippen LogP contribution in [0.5, 0.6) is 0 Å². The summed E-state index contributed by atoms with van der Waals surface area (Å²) < 4.78 is 5.49. The van der Waals surface area contributed by atoms with Crippen molar-refractivity contribution in [2.45, 2.75) is 58.0 Å². The maximum Gasteiger partial charge on any atom is 0.0646 e. The Bertz CT molecular complexity index is 211. The molecule has 2 fully saturated rings. The molecule has 2 aliphatic rings. The lowest BCUT2D eigenvalue weighted by atomic mass is 9.78. The van der Waals surface area contributed by atoms with Crippen molar-refractivity contribution in [1.29, 1.82) is 0 Å². The van der Waals surface area contributed by atoms with Gasteiger partial charge in [0.05, 0.1) is 6.61 Å². The Labute approximate surface area is 93.8 Å². The van der Waals surface area contributed by atoms with Crippen LogP contribution in [0.1, 0.15) is 46.5 Å². The molecule has 1 saturated carbocycles. The van der Waals surface area contributed by atoms with Crippen LogP contribution < -0.4 is 5.32 Å². The lowest BCUT2D eigenvalue weighted by molar-refractivity contribution is 0.148. The van der Waals surface area contributed by atoms with Crippen LogP contribution >= 0.6 is 0 Å². The Morgan fingerprint density at radius 2 is 2.00 bits per heavy atom. The summed E-state index contributed by atoms with van der Waals surface area (Å²) in [5.74, 6) is 1.79. The van der Waals surface area contributed by atoms with Crippen molar-refractivity contribution in [2.24, 2.45) is 11.8 Å². The van der Waals surface area contributed by atoms with E-state index < -0.39 is 0 Å². The molecule has 0 spiro atoms. The summed E-state index contributed by atoms with van der Waals surface area (Å²) in [5.41, 5.74) is 0.255. The number of ether oxygens (including phenoxy) is 1. The molecule has 2 heteroatoms. The molecule has 1 aliphatic carbocycles. The number of hydrogen-bond acceptors (Lipinski definition) is 2. The van der Waals surface area contributed by atoms with Gasteiger partial charge in [0.15, 0.2) is 0 Å². The van der Waals surface area contributed by atoms with Gasteiger partial charge in [-0.15, -0.1) is 0 Å². The van der Waals surface area contributed by atoms with Gasteiger partial charge in [-0.25, -0.2) is 0 Å². The average Bonchev–Trinajstić information content (AvgIpc) is 2.59. The second-order valence-corrected chi connectivity index (χ2v) is 5.97. The Kier molecular flexibility index (Phi) is 3.36. The fourth-order valence-electron chi connectivity index (χ4n) is 2.95. The molecule has 88 valence electrons. The minimum absolute atomic E-state index is 0.255. The first-order chi connectivity index (χ1) is 7.09. The van der Waals surface area contributed by atoms with Gasteiger partial charge in [-0.3, -0.25) is 0 Å². The lowest BCUT2D eigenvalue weighted by Crippen LogP contribution is -2.50. The van der Waals surface area contributed by atoms with Crippen LogP contribution in [0.3, 0.4) is 0 Å². The van der Waals surface area contributed by atoms with Gasteiger partial charge in [-0.05, 0) is 44.4 Å². The van der Waals surface area contributed by atoms with E-state index in [1.807, 2.05) is 0 Å². The highest BCUT2D eigenvalue weighted by Gasteiger charge is 2.34. The molecular weight excluding hydrogens is 186 g/mol. The molecule has 2 nitrogen and oxygen atoms in total. The van der Waals surface area contributed by atoms with Crippen LogP contribution in [-0.2, 0) is 4.74 Å². The summed E-state index contributed by atoms with van der Waals surface area (Å²) >= 11 is 0. The third kappa shape index (κ3) is 2.73. The quantitative estimate of drug-likeness (QED) is 0.758. The zero-order valence-electron chi connectivity index (χ0n) is 10.4. The maximum atomic E-state index is 5.49. The van der Waals surface area contributed by atoms with Gasteiger partial charge in [0.2, 0.25) is 0 Å². The predicted octanol–water partition coefficient (Wildman–Crippen LogP) is 2.58. The van der Waals surface area contributed by atoms with Crippen molar-refractivity contribution in [3.63, 3.8) is 0 Å². The van der Waals surface area contributed by atoms with Gasteiger partial charge < -0.3 is 10.1 Å². The van der Waals surface area contributed by atoms with Gasteiger partial charge in [-0.2, -0.15) is 0 Å². The average molecular weight is 211 g/mol. The highest BCUT2D eigenvalue weighted by Crippen LogP contribution is 2.31. The van der Waals surface area contributed by atoms with Gasteiger partial charge >= 0.3 is 0 Å². The van der Waals surface area contributed by atoms with Crippen molar-refractivity contribution in [3.8, 4) is 0 Å². The molecular formula is C13H25NO. The van der Waals surface area contributed by atoms with E-state index in [4.69, 9.17) is 4.74 Å². The van der Waals surface area contributed by atoms with Gasteiger partial charge in [0.1, 0.15) is 0 Å². The maximum absolute atomic E-state index is 5.49. The molecule has 1 saturated heterocycles. The Morgan fingerprint density at radius 1 is 1.20 bits per heavy atom. The minimum atomic E-state index is 0.255. The topological polar surface area (TPSA) is 21.3 Å². The first-order valence-electron chi connectivity index (χ1n) is 6.44. The van der Waals surface area contributed by atoms with E-state index in [1.54, 1.807) is 0 Å². The fraction of sp³-hybridized carbons (Fsp3) is 1.00. The normalized spacial score (nSPS) is 47.0. The molecule has 0 aromatic rings. The number of hydrogen-bond donors (Lipinski definition) is 1. The third-order valence-corrected chi connectivity index (χ3v) is 4.37. The highest BCUT2D eigenvalue weighted by atomic mass is 16.5. The van der Waals surface area contributed by atoms with E-state index in [1.165, 1.54) is 25.7 Å². The SMILES string of the molecule is CC1CCC(NC2(C)CCOC2)CC1C. The predicted molar refractivity (Wildman–Crippen MR) is 62.9 cm³/mol. The van der Waals surface area contributed by atoms with Crippen molar-refractivity contribution < 1.29 is 4.74 Å². The fourth-order valence-corrected chi connectivity index (χ4v) is 2.95. The van der Waals surface area contributed by atoms with Crippen molar-refractivity contribution in [2.75, 3.05) is 13.2 Å². The van der Waals surface area contributed by atoms with Gasteiger partial charge in [0, 0.05) is 18.2 Å². The van der Waals surface area contributed by atoms with Crippen LogP contribution in [-0.4, -0.2) is 24.8 Å². The zero-order valence-corrected chi connectivity index (χ0v) is 10.4. The van der Waals surface area contributed by atoms with Crippen molar-refractivity contribution >= 4 is 0 Å². The first kappa shape index (κ1) is 11.4. The molecule has 4 unspecified atom stereocenters. The molecule has 4 atom stereocenters. The molecule has 0 bridgehead atoms. The van der Waals surface area contributed by atoms with Crippen LogP contribution in [0, 0.1) is 11.8 Å². The molecule has 0 radical (unpaired) electrons. The summed E-state index contributed by atoms with van der Waals surface area (Å²) in [6.07, 6.45) is 5.25. The van der Waals surface area contributed by atoms with Crippen molar-refractivity contribution in [3.05, 3.63) is 0 Å². The molecule has 15 heavy (non-hydrogen) atoms. The molecule has 0 aromatic heterocycles. The summed E-state index contributed by atoms with van der Waals surface area (Å²) in [6.45, 7) is 8.92. The third-order valence-electron chi connectivity index (χ3n) is 4.37. The highest BCUT2D eigenvalue weighted by molar-refractivity contribution is 4.92. The van der Waals surface area contributed by atoms with Crippen LogP contribution in [0.15, 0.2) is 0 Å². The second-order valence-electron chi connectivity index (χ2n) is 5.97. The Balaban J connectivity index is 1.84. The number of nitrogens with one attached hydrogen (secondary N) is 1. The van der Waals surface area contributed by atoms with Crippen LogP contribution in [0.2, 0.25) is 0 Å². The van der Waals surface area contributed by atoms with E-state index in [0.717, 1.165) is 31.1 Å². The second kappa shape index (κ2) is 4.42. The summed E-state index contributed by atoms with van der Waals surface area (Å²) in [5, 5.41) is 3.82. The van der Waals surface area contributed by atoms with Gasteiger partial charge in [-0.1, -0.05) is 13.8 Å². The van der Waals surface area contributed by atoms with E-state index in [9.17, 15) is 0 Å². The van der Waals surface area contributed by atoms with E-state index >= 15 is 0 Å². The summed E-state index contributed by atoms with van der Waals surface area (Å²) in [7, 11) is 0. The van der Waals surface area contributed by atoms with Gasteiger partial charge in [0.25, 0.3) is 0 Å². The monoisotopic (exact) mass is 211 g/mol. The Morgan fingerprint density at radius 3 is 2.60 bits per heavy atom. The molecule has 0 aromatic carbocycles. The largest absolute Gasteiger partial charge is 0.379 e. The Hall–Kier alpha value is -0.0800. The zero-order chi connectivity index (χ0) is 10.9. The first-order valence-corrected chi connectivity index (χ1v) is 6.44. The number of rotatable bonds is 2. The van der Waals surface area contributed by atoms with Crippen LogP contribution in [0.4, 0.5) is 0 Å². The van der Waals surface area contributed by atoms with E-state index in [2.05, 4.69) is 26.1 Å². The summed E-state index contributed by atoms with van der Waals surface area (Å²) in [4.78, 5) is 0. The molecule has 0 amide bonds. The standard InChI is InChI=1S/C13H25NO/c1-10-4-5-12(8-11(10)2)14-13(3)6-7-15-9-13/h10-12,14H,4-9H2,1-3H3. The van der Waals surface area contributed by atoms with Crippen molar-refractivity contribution in [1.82, 2.24) is 5.32 Å². The summed E-state index contributed by atoms with van der Waals surface area (Å²) in [6, 6.07) is 0.725. The molecule has 1 N–H and O–H groups in total. The lowest BCUT2D eigenvalue weighted by Gasteiger charge is -2.37. The molecule has 2 rings (SSSR count). The molecule has 1 aliphatic heterocycles. The van der Waals surface area contributed by atoms with E-state index in [0.29, 0.717) is 0 Å².